The second-order valence-electron chi connectivity index (χ2n) is 20.2. The van der Waals surface area contributed by atoms with E-state index in [9.17, 15) is 19.2 Å². The predicted octanol–water partition coefficient (Wildman–Crippen LogP) is 6.46. The van der Waals surface area contributed by atoms with E-state index in [0.29, 0.717) is 75.6 Å². The lowest BCUT2D eigenvalue weighted by Gasteiger charge is -2.51. The Bertz CT molecular complexity index is 2340. The molecule has 0 heterocycles. The van der Waals surface area contributed by atoms with Crippen LogP contribution in [-0.4, -0.2) is 112 Å². The lowest BCUT2D eigenvalue weighted by Crippen LogP contribution is -2.61. The normalized spacial score (nSPS) is 26.4. The van der Waals surface area contributed by atoms with Gasteiger partial charge in [0.25, 0.3) is 0 Å². The van der Waals surface area contributed by atoms with Crippen LogP contribution < -0.4 is 16.0 Å². The molecule has 13 heteroatoms. The van der Waals surface area contributed by atoms with Crippen molar-refractivity contribution in [2.45, 2.75) is 77.4 Å². The summed E-state index contributed by atoms with van der Waals surface area (Å²) in [4.78, 5) is 90.8. The minimum atomic E-state index is -0.973. The molecule has 0 radical (unpaired) electrons. The van der Waals surface area contributed by atoms with Gasteiger partial charge in [0.15, 0.2) is 0 Å². The first-order valence-corrected chi connectivity index (χ1v) is 24.3. The van der Waals surface area contributed by atoms with E-state index in [2.05, 4.69) is 16.0 Å². The topological polar surface area (TPSA) is 163 Å². The van der Waals surface area contributed by atoms with Crippen LogP contribution in [-0.2, 0) is 28.7 Å². The summed E-state index contributed by atoms with van der Waals surface area (Å²) in [7, 11) is 7.87. The van der Waals surface area contributed by atoms with Gasteiger partial charge in [0.2, 0.25) is 23.6 Å². The van der Waals surface area contributed by atoms with Crippen LogP contribution >= 0.6 is 0 Å². The maximum Gasteiger partial charge on any atom is 0.339 e. The summed E-state index contributed by atoms with van der Waals surface area (Å²) in [5, 5.41) is 12.4. The molecule has 0 aliphatic heterocycles. The first-order chi connectivity index (χ1) is 32.2. The summed E-state index contributed by atoms with van der Waals surface area (Å²) < 4.78 is 12.7. The molecule has 67 heavy (non-hydrogen) atoms. The molecule has 10 rings (SSSR count). The average Bonchev–Trinajstić information content (AvgIpc) is 3.31. The Labute approximate surface area is 394 Å². The maximum absolute atomic E-state index is 15.0. The number of carbonyl (C=O) groups is 6. The van der Waals surface area contributed by atoms with Gasteiger partial charge in [-0.3, -0.25) is 24.5 Å². The highest BCUT2D eigenvalue weighted by Crippen LogP contribution is 2.53. The molecule has 6 aliphatic rings. The zero-order valence-corrected chi connectivity index (χ0v) is 39.8. The molecule has 4 bridgehead atoms. The zero-order chi connectivity index (χ0) is 47.5. The molecule has 13 nitrogen and oxygen atoms in total. The van der Waals surface area contributed by atoms with Gasteiger partial charge in [0.1, 0.15) is 12.2 Å². The van der Waals surface area contributed by atoms with Crippen LogP contribution in [0.1, 0.15) is 83.2 Å². The van der Waals surface area contributed by atoms with Gasteiger partial charge in [-0.05, 0) is 163 Å². The van der Waals surface area contributed by atoms with Crippen LogP contribution in [0, 0.1) is 61.2 Å². The molecule has 6 saturated carbocycles. The smallest absolute Gasteiger partial charge is 0.339 e. The highest BCUT2D eigenvalue weighted by atomic mass is 16.5. The Balaban J connectivity index is 1.07. The van der Waals surface area contributed by atoms with Crippen LogP contribution in [0.4, 0.5) is 0 Å². The van der Waals surface area contributed by atoms with Crippen molar-refractivity contribution in [1.82, 2.24) is 25.8 Å². The van der Waals surface area contributed by atoms with Crippen LogP contribution in [0.2, 0.25) is 0 Å². The zero-order valence-electron chi connectivity index (χ0n) is 39.8. The van der Waals surface area contributed by atoms with Crippen molar-refractivity contribution in [3.05, 3.63) is 95.1 Å². The Kier molecular flexibility index (Phi) is 14.8. The molecule has 0 saturated heterocycles. The SMILES string of the molecule is Cc1cccc2cccc(C(=O)OC3CC4CCC3C(C(=O)NC(=O)C3C5CCC(CC5OC(=O)c5cccc6cccc(C)c56)C3C(=O)NCCCN(C)C)C4C(=O)NCCCN(C)C)c12. The van der Waals surface area contributed by atoms with Gasteiger partial charge in [-0.15, -0.1) is 0 Å². The molecule has 10 atom stereocenters. The van der Waals surface area contributed by atoms with Crippen molar-refractivity contribution in [3.63, 3.8) is 0 Å². The van der Waals surface area contributed by atoms with E-state index in [1.807, 2.05) is 113 Å². The summed E-state index contributed by atoms with van der Waals surface area (Å²) in [6.07, 6.45) is 3.35. The number of hydrogen-bond acceptors (Lipinski definition) is 10. The summed E-state index contributed by atoms with van der Waals surface area (Å²) in [6.45, 7) is 6.30. The number of ether oxygens (including phenoxy) is 2. The summed E-state index contributed by atoms with van der Waals surface area (Å²) in [5.74, 6) is -7.77. The number of nitrogens with one attached hydrogen (secondary N) is 3. The number of amides is 4. The van der Waals surface area contributed by atoms with Crippen LogP contribution in [0.15, 0.2) is 72.8 Å². The Morgan fingerprint density at radius 2 is 0.910 bits per heavy atom. The molecule has 4 aromatic carbocycles. The standard InChI is InChI=1S/C54H67N5O8/c1-31-13-7-15-33-17-9-19-39(43(31)33)53(64)66-41-29-35-21-23-37(41)47(45(35)49(60)55-25-11-27-58(3)4)51(62)57-52(63)48-38-24-22-36(46(48)50(61)56-26-12-28-59(5)6)30-42(38)67-54(65)40-20-10-18-34-16-8-14-32(2)44(34)40/h7-10,13-20,35-38,41-42,45-48H,11-12,21-30H2,1-6H3,(H,55,60)(H,56,61)(H,57,62,63). The van der Waals surface area contributed by atoms with Gasteiger partial charge in [0, 0.05) is 24.9 Å². The van der Waals surface area contributed by atoms with Crippen LogP contribution in [0.25, 0.3) is 21.5 Å². The monoisotopic (exact) mass is 913 g/mol. The van der Waals surface area contributed by atoms with E-state index in [1.54, 1.807) is 12.1 Å². The van der Waals surface area contributed by atoms with Crippen LogP contribution in [0.3, 0.4) is 0 Å². The second kappa shape index (κ2) is 20.7. The van der Waals surface area contributed by atoms with Crippen molar-refractivity contribution in [2.75, 3.05) is 54.4 Å². The molecule has 10 unspecified atom stereocenters. The quantitative estimate of drug-likeness (QED) is 0.0646. The van der Waals surface area contributed by atoms with E-state index in [1.165, 1.54) is 0 Å². The molecular formula is C54H67N5O8. The summed E-state index contributed by atoms with van der Waals surface area (Å²) in [5.41, 5.74) is 2.75. The maximum atomic E-state index is 15.0. The Morgan fingerprint density at radius 3 is 1.30 bits per heavy atom. The third-order valence-corrected chi connectivity index (χ3v) is 15.3. The first kappa shape index (κ1) is 47.8. The number of esters is 2. The van der Waals surface area contributed by atoms with Crippen LogP contribution in [0.5, 0.6) is 0 Å². The number of hydrogen-bond donors (Lipinski definition) is 3. The fourth-order valence-corrected chi connectivity index (χ4v) is 12.2. The van der Waals surface area contributed by atoms with E-state index in [0.717, 1.165) is 45.8 Å². The Morgan fingerprint density at radius 1 is 0.522 bits per heavy atom. The fourth-order valence-electron chi connectivity index (χ4n) is 12.2. The molecule has 4 aromatic rings. The van der Waals surface area contributed by atoms with Crippen molar-refractivity contribution >= 4 is 57.1 Å². The third kappa shape index (κ3) is 10.1. The number of nitrogens with zero attached hydrogens (tertiary/aromatic N) is 2. The molecule has 356 valence electrons. The van der Waals surface area contributed by atoms with Gasteiger partial charge >= 0.3 is 11.9 Å². The molecule has 0 spiro atoms. The van der Waals surface area contributed by atoms with Crippen molar-refractivity contribution in [2.24, 2.45) is 47.3 Å². The van der Waals surface area contributed by atoms with E-state index < -0.39 is 71.5 Å². The van der Waals surface area contributed by atoms with E-state index in [4.69, 9.17) is 9.47 Å². The van der Waals surface area contributed by atoms with E-state index in [-0.39, 0.29) is 23.7 Å². The number of imide groups is 1. The lowest BCUT2D eigenvalue weighted by molar-refractivity contribution is -0.162. The van der Waals surface area contributed by atoms with E-state index >= 15 is 9.59 Å². The minimum Gasteiger partial charge on any atom is -0.458 e. The van der Waals surface area contributed by atoms with Gasteiger partial charge < -0.3 is 29.9 Å². The molecule has 3 N–H and O–H groups in total. The predicted molar refractivity (Wildman–Crippen MR) is 257 cm³/mol. The number of carbonyl (C=O) groups excluding carboxylic acids is 6. The molecule has 6 aliphatic carbocycles. The third-order valence-electron chi connectivity index (χ3n) is 15.3. The van der Waals surface area contributed by atoms with Gasteiger partial charge in [-0.2, -0.15) is 0 Å². The number of aryl methyl sites for hydroxylation is 2. The number of fused-ring (bicyclic) bond motifs is 8. The number of benzene rings is 4. The Hall–Kier alpha value is -5.66. The molecule has 0 aromatic heterocycles. The van der Waals surface area contributed by atoms with Gasteiger partial charge in [-0.25, -0.2) is 9.59 Å². The highest BCUT2D eigenvalue weighted by Gasteiger charge is 2.58. The minimum absolute atomic E-state index is 0.252. The largest absolute Gasteiger partial charge is 0.458 e. The molecule has 6 fully saturated rings. The fraction of sp³-hybridized carbons (Fsp3) is 0.519. The average molecular weight is 914 g/mol. The summed E-state index contributed by atoms with van der Waals surface area (Å²) in [6, 6.07) is 22.8. The second-order valence-corrected chi connectivity index (χ2v) is 20.2. The van der Waals surface area contributed by atoms with Gasteiger partial charge in [0.05, 0.1) is 34.8 Å². The highest BCUT2D eigenvalue weighted by molar-refractivity contribution is 6.07. The first-order valence-electron chi connectivity index (χ1n) is 24.3. The van der Waals surface area contributed by atoms with Crippen molar-refractivity contribution in [3.8, 4) is 0 Å². The molecule has 4 amide bonds. The molecular weight excluding hydrogens is 847 g/mol. The van der Waals surface area contributed by atoms with Gasteiger partial charge in [-0.1, -0.05) is 60.7 Å². The number of rotatable bonds is 16. The summed E-state index contributed by atoms with van der Waals surface area (Å²) >= 11 is 0. The van der Waals surface area contributed by atoms with Crippen molar-refractivity contribution < 1.29 is 38.2 Å². The lowest BCUT2D eigenvalue weighted by atomic mass is 9.56. The van der Waals surface area contributed by atoms with Crippen molar-refractivity contribution in [1.29, 1.82) is 0 Å².